The molecule has 0 unspecified atom stereocenters. The van der Waals surface area contributed by atoms with Crippen LogP contribution in [0.4, 0.5) is 5.82 Å². The second-order valence-electron chi connectivity index (χ2n) is 10.1. The van der Waals surface area contributed by atoms with Crippen LogP contribution in [0.1, 0.15) is 47.2 Å². The molecule has 9 heteroatoms. The number of aryl methyl sites for hydroxylation is 1. The summed E-state index contributed by atoms with van der Waals surface area (Å²) in [5.74, 6) is 0.768. The number of likely N-dealkylation sites (N-methyl/N-ethyl adjacent to an activating group) is 1. The van der Waals surface area contributed by atoms with Crippen LogP contribution in [0.3, 0.4) is 0 Å². The van der Waals surface area contributed by atoms with Crippen molar-refractivity contribution in [2.24, 2.45) is 0 Å². The van der Waals surface area contributed by atoms with Crippen molar-refractivity contribution in [3.8, 4) is 0 Å². The number of nitrogens with one attached hydrogen (secondary N) is 3. The van der Waals surface area contributed by atoms with Crippen LogP contribution < -0.4 is 10.6 Å². The standard InChI is InChI=1S/C27H35N7O2/c1-18-5-3-4-6-21(18)25(36)22-15-28-26-24(22)27(30-17-29-26)32-20-9-7-19(8-10-20)31-23(35)16-34-13-11-33(2)12-14-34/h3-6,15,17,19-20H,7-14,16H2,1-2H3,(H,31,35)(H2,28,29,30,32). The van der Waals surface area contributed by atoms with Crippen LogP contribution in [0.5, 0.6) is 0 Å². The van der Waals surface area contributed by atoms with Gasteiger partial charge in [-0.25, -0.2) is 9.97 Å². The molecule has 2 aliphatic rings. The molecule has 1 aromatic carbocycles. The maximum atomic E-state index is 13.3. The van der Waals surface area contributed by atoms with Crippen LogP contribution in [0.25, 0.3) is 11.0 Å². The molecule has 3 heterocycles. The fourth-order valence-electron chi connectivity index (χ4n) is 5.28. The van der Waals surface area contributed by atoms with Gasteiger partial charge in [0.25, 0.3) is 0 Å². The molecule has 1 saturated carbocycles. The van der Waals surface area contributed by atoms with Crippen LogP contribution in [0, 0.1) is 6.92 Å². The second-order valence-corrected chi connectivity index (χ2v) is 10.1. The Labute approximate surface area is 211 Å². The minimum atomic E-state index is -0.0380. The van der Waals surface area contributed by atoms with Crippen molar-refractivity contribution in [3.63, 3.8) is 0 Å². The third-order valence-corrected chi connectivity index (χ3v) is 7.50. The summed E-state index contributed by atoms with van der Waals surface area (Å²) < 4.78 is 0. The molecule has 1 saturated heterocycles. The molecular formula is C27H35N7O2. The van der Waals surface area contributed by atoms with Gasteiger partial charge in [-0.05, 0) is 45.2 Å². The van der Waals surface area contributed by atoms with E-state index in [1.807, 2.05) is 31.2 Å². The SMILES string of the molecule is Cc1ccccc1C(=O)c1c[nH]c2ncnc(NC3CCC(NC(=O)CN4CCN(C)CC4)CC3)c12. The van der Waals surface area contributed by atoms with Crippen molar-refractivity contribution in [2.75, 3.05) is 45.1 Å². The number of nitrogens with zero attached hydrogens (tertiary/aromatic N) is 4. The van der Waals surface area contributed by atoms with Gasteiger partial charge in [-0.2, -0.15) is 0 Å². The second kappa shape index (κ2) is 10.8. The Morgan fingerprint density at radius 3 is 2.47 bits per heavy atom. The Bertz CT molecular complexity index is 1220. The molecule has 2 aromatic heterocycles. The maximum absolute atomic E-state index is 13.3. The van der Waals surface area contributed by atoms with Gasteiger partial charge in [0.15, 0.2) is 5.78 Å². The van der Waals surface area contributed by atoms with Crippen LogP contribution in [0.2, 0.25) is 0 Å². The van der Waals surface area contributed by atoms with Crippen molar-refractivity contribution in [1.82, 2.24) is 30.1 Å². The van der Waals surface area contributed by atoms with E-state index in [1.54, 1.807) is 6.20 Å². The Morgan fingerprint density at radius 1 is 1.00 bits per heavy atom. The quantitative estimate of drug-likeness (QED) is 0.438. The number of piperazine rings is 1. The van der Waals surface area contributed by atoms with E-state index in [9.17, 15) is 9.59 Å². The number of ketones is 1. The number of anilines is 1. The van der Waals surface area contributed by atoms with E-state index in [0.717, 1.165) is 62.8 Å². The third-order valence-electron chi connectivity index (χ3n) is 7.50. The smallest absolute Gasteiger partial charge is 0.234 e. The number of carbonyl (C=O) groups excluding carboxylic acids is 2. The van der Waals surface area contributed by atoms with Crippen molar-refractivity contribution < 1.29 is 9.59 Å². The highest BCUT2D eigenvalue weighted by Gasteiger charge is 2.26. The van der Waals surface area contributed by atoms with Gasteiger partial charge in [0.05, 0.1) is 17.5 Å². The number of H-pyrrole nitrogens is 1. The highest BCUT2D eigenvalue weighted by atomic mass is 16.2. The van der Waals surface area contributed by atoms with Crippen molar-refractivity contribution in [1.29, 1.82) is 0 Å². The van der Waals surface area contributed by atoms with Gasteiger partial charge in [0.2, 0.25) is 5.91 Å². The highest BCUT2D eigenvalue weighted by Crippen LogP contribution is 2.29. The predicted octanol–water partition coefficient (Wildman–Crippen LogP) is 2.58. The van der Waals surface area contributed by atoms with Gasteiger partial charge in [-0.3, -0.25) is 14.5 Å². The molecular weight excluding hydrogens is 454 g/mol. The molecule has 5 rings (SSSR count). The topological polar surface area (TPSA) is 106 Å². The fraction of sp³-hybridized carbons (Fsp3) is 0.481. The number of amides is 1. The lowest BCUT2D eigenvalue weighted by Crippen LogP contribution is -2.50. The lowest BCUT2D eigenvalue weighted by atomic mass is 9.91. The lowest BCUT2D eigenvalue weighted by Gasteiger charge is -2.33. The molecule has 36 heavy (non-hydrogen) atoms. The Hall–Kier alpha value is -3.30. The van der Waals surface area contributed by atoms with Gasteiger partial charge < -0.3 is 20.5 Å². The number of rotatable bonds is 7. The molecule has 9 nitrogen and oxygen atoms in total. The monoisotopic (exact) mass is 489 g/mol. The summed E-state index contributed by atoms with van der Waals surface area (Å²) in [4.78, 5) is 42.4. The third kappa shape index (κ3) is 5.42. The summed E-state index contributed by atoms with van der Waals surface area (Å²) >= 11 is 0. The molecule has 1 aliphatic carbocycles. The van der Waals surface area contributed by atoms with Crippen molar-refractivity contribution in [2.45, 2.75) is 44.7 Å². The summed E-state index contributed by atoms with van der Waals surface area (Å²) in [6.45, 7) is 6.35. The van der Waals surface area contributed by atoms with E-state index in [1.165, 1.54) is 6.33 Å². The van der Waals surface area contributed by atoms with Gasteiger partial charge >= 0.3 is 0 Å². The predicted molar refractivity (Wildman–Crippen MR) is 140 cm³/mol. The molecule has 3 aromatic rings. The van der Waals surface area contributed by atoms with E-state index in [4.69, 9.17) is 0 Å². The minimum absolute atomic E-state index is 0.0380. The van der Waals surface area contributed by atoms with Gasteiger partial charge in [0.1, 0.15) is 17.8 Å². The average Bonchev–Trinajstić information content (AvgIpc) is 3.32. The summed E-state index contributed by atoms with van der Waals surface area (Å²) in [5.41, 5.74) is 2.85. The molecule has 3 N–H and O–H groups in total. The van der Waals surface area contributed by atoms with Crippen molar-refractivity contribution in [3.05, 3.63) is 53.5 Å². The summed E-state index contributed by atoms with van der Waals surface area (Å²) in [5, 5.41) is 7.53. The molecule has 190 valence electrons. The first-order valence-corrected chi connectivity index (χ1v) is 12.9. The van der Waals surface area contributed by atoms with E-state index < -0.39 is 0 Å². The number of hydrogen-bond acceptors (Lipinski definition) is 7. The Balaban J connectivity index is 1.20. The Morgan fingerprint density at radius 2 is 1.72 bits per heavy atom. The molecule has 0 radical (unpaired) electrons. The molecule has 0 bridgehead atoms. The van der Waals surface area contributed by atoms with E-state index in [0.29, 0.717) is 29.1 Å². The van der Waals surface area contributed by atoms with Crippen molar-refractivity contribution >= 4 is 28.5 Å². The van der Waals surface area contributed by atoms with Crippen LogP contribution in [-0.4, -0.2) is 88.3 Å². The number of aromatic amines is 1. The van der Waals surface area contributed by atoms with Gasteiger partial charge in [-0.15, -0.1) is 0 Å². The molecule has 2 fully saturated rings. The largest absolute Gasteiger partial charge is 0.367 e. The normalized spacial score (nSPS) is 21.4. The van der Waals surface area contributed by atoms with Crippen LogP contribution >= 0.6 is 0 Å². The minimum Gasteiger partial charge on any atom is -0.367 e. The maximum Gasteiger partial charge on any atom is 0.234 e. The number of hydrogen-bond donors (Lipinski definition) is 3. The highest BCUT2D eigenvalue weighted by molar-refractivity contribution is 6.18. The zero-order chi connectivity index (χ0) is 25.1. The first-order chi connectivity index (χ1) is 17.5. The number of aromatic nitrogens is 3. The Kier molecular flexibility index (Phi) is 7.29. The average molecular weight is 490 g/mol. The molecule has 0 spiro atoms. The summed E-state index contributed by atoms with van der Waals surface area (Å²) in [7, 11) is 2.12. The molecule has 0 atom stereocenters. The summed E-state index contributed by atoms with van der Waals surface area (Å²) in [6.07, 6.45) is 6.94. The first-order valence-electron chi connectivity index (χ1n) is 12.9. The number of fused-ring (bicyclic) bond motifs is 1. The van der Waals surface area contributed by atoms with Gasteiger partial charge in [-0.1, -0.05) is 24.3 Å². The molecule has 1 aliphatic heterocycles. The van der Waals surface area contributed by atoms with Gasteiger partial charge in [0, 0.05) is 50.0 Å². The lowest BCUT2D eigenvalue weighted by molar-refractivity contribution is -0.123. The fourth-order valence-corrected chi connectivity index (χ4v) is 5.28. The number of carbonyl (C=O) groups is 2. The van der Waals surface area contributed by atoms with Crippen LogP contribution in [-0.2, 0) is 4.79 Å². The van der Waals surface area contributed by atoms with E-state index in [2.05, 4.69) is 42.4 Å². The summed E-state index contributed by atoms with van der Waals surface area (Å²) in [6, 6.07) is 8.05. The molecule has 1 amide bonds. The first kappa shape index (κ1) is 24.4. The zero-order valence-electron chi connectivity index (χ0n) is 21.1. The number of benzene rings is 1. The zero-order valence-corrected chi connectivity index (χ0v) is 21.1. The van der Waals surface area contributed by atoms with E-state index >= 15 is 0 Å². The van der Waals surface area contributed by atoms with Crippen LogP contribution in [0.15, 0.2) is 36.8 Å². The van der Waals surface area contributed by atoms with E-state index in [-0.39, 0.29) is 23.8 Å².